The summed E-state index contributed by atoms with van der Waals surface area (Å²) < 4.78 is 0. The van der Waals surface area contributed by atoms with E-state index in [2.05, 4.69) is 19.1 Å². The van der Waals surface area contributed by atoms with Crippen LogP contribution < -0.4 is 0 Å². The predicted octanol–water partition coefficient (Wildman–Crippen LogP) is 3.85. The molecular weight excluding hydrogens is 271 g/mol. The molecule has 0 amide bonds. The van der Waals surface area contributed by atoms with E-state index in [1.165, 1.54) is 0 Å². The molecule has 21 heavy (non-hydrogen) atoms. The predicted molar refractivity (Wildman–Crippen MR) is 93.7 cm³/mol. The minimum Gasteiger partial charge on any atom is -0.507 e. The van der Waals surface area contributed by atoms with E-state index >= 15 is 0 Å². The van der Waals surface area contributed by atoms with Crippen molar-refractivity contribution < 1.29 is 5.11 Å². The second-order valence-corrected chi connectivity index (χ2v) is 4.88. The summed E-state index contributed by atoms with van der Waals surface area (Å²) in [6.45, 7) is 2.08. The zero-order chi connectivity index (χ0) is 13.9. The van der Waals surface area contributed by atoms with Crippen molar-refractivity contribution in [1.82, 2.24) is 0 Å². The van der Waals surface area contributed by atoms with Gasteiger partial charge in [-0.15, -0.1) is 0 Å². The molecule has 0 heterocycles. The Morgan fingerprint density at radius 3 is 1.62 bits per heavy atom. The average Bonchev–Trinajstić information content (AvgIpc) is 2.51. The zero-order valence-electron chi connectivity index (χ0n) is 11.4. The fraction of sp³-hybridized carbons (Fsp3) is 0.0526. The first-order valence-corrected chi connectivity index (χ1v) is 6.71. The number of hydrogen-bond donors (Lipinski definition) is 1. The van der Waals surface area contributed by atoms with Gasteiger partial charge in [-0.3, -0.25) is 0 Å². The normalized spacial score (nSPS) is 9.95. The molecule has 3 aromatic carbocycles. The highest BCUT2D eigenvalue weighted by Crippen LogP contribution is 2.40. The molecule has 0 fully saturated rings. The Labute approximate surface area is 136 Å². The van der Waals surface area contributed by atoms with E-state index in [0.717, 1.165) is 27.8 Å². The van der Waals surface area contributed by atoms with Crippen LogP contribution in [0.25, 0.3) is 22.3 Å². The smallest absolute Gasteiger partial charge is 0.187 e. The highest BCUT2D eigenvalue weighted by Gasteiger charge is 2.14. The maximum absolute atomic E-state index is 10.3. The van der Waals surface area contributed by atoms with E-state index in [0.29, 0.717) is 5.75 Å². The van der Waals surface area contributed by atoms with Gasteiger partial charge in [0, 0.05) is 5.56 Å². The van der Waals surface area contributed by atoms with Crippen molar-refractivity contribution in [2.24, 2.45) is 0 Å². The molecule has 2 heteroatoms. The molecule has 3 aromatic rings. The molecule has 104 valence electrons. The number of benzene rings is 3. The molecule has 0 atom stereocenters. The molecule has 0 unspecified atom stereocenters. The van der Waals surface area contributed by atoms with Crippen LogP contribution in [0.2, 0.25) is 0 Å². The Kier molecular flexibility index (Phi) is 4.86. The van der Waals surface area contributed by atoms with Crippen LogP contribution in [0, 0.1) is 6.92 Å². The maximum atomic E-state index is 10.3. The van der Waals surface area contributed by atoms with Crippen molar-refractivity contribution in [3.63, 3.8) is 0 Å². The van der Waals surface area contributed by atoms with Gasteiger partial charge in [-0.05, 0) is 35.2 Å². The Bertz CT molecular complexity index is 657. The molecule has 0 bridgehead atoms. The lowest BCUT2D eigenvalue weighted by Crippen LogP contribution is -1.90. The van der Waals surface area contributed by atoms with Gasteiger partial charge in [-0.2, -0.15) is 0 Å². The highest BCUT2D eigenvalue weighted by atomic mass is 27.0. The van der Waals surface area contributed by atoms with E-state index in [-0.39, 0.29) is 17.4 Å². The Hall–Kier alpha value is -2.01. The van der Waals surface area contributed by atoms with Gasteiger partial charge in [0.15, 0.2) is 17.4 Å². The SMILES string of the molecule is Cc1ccc(O)c(-c2ccccc2)c1-c1ccccc1.[AlH3]. The van der Waals surface area contributed by atoms with E-state index in [9.17, 15) is 5.11 Å². The van der Waals surface area contributed by atoms with Crippen molar-refractivity contribution >= 4 is 17.4 Å². The minimum atomic E-state index is 0. The second-order valence-electron chi connectivity index (χ2n) is 4.88. The van der Waals surface area contributed by atoms with Crippen LogP contribution in [-0.4, -0.2) is 22.5 Å². The van der Waals surface area contributed by atoms with Crippen LogP contribution in [0.15, 0.2) is 72.8 Å². The van der Waals surface area contributed by atoms with Gasteiger partial charge in [-0.1, -0.05) is 66.7 Å². The van der Waals surface area contributed by atoms with Crippen LogP contribution in [0.3, 0.4) is 0 Å². The molecule has 0 spiro atoms. The molecule has 0 saturated heterocycles. The summed E-state index contributed by atoms with van der Waals surface area (Å²) in [5, 5.41) is 10.3. The average molecular weight is 290 g/mol. The summed E-state index contributed by atoms with van der Waals surface area (Å²) in [5.74, 6) is 0.320. The van der Waals surface area contributed by atoms with Crippen LogP contribution in [0.1, 0.15) is 5.56 Å². The van der Waals surface area contributed by atoms with Gasteiger partial charge < -0.3 is 5.11 Å². The molecule has 0 saturated carbocycles. The van der Waals surface area contributed by atoms with Crippen molar-refractivity contribution in [3.05, 3.63) is 78.4 Å². The third-order valence-corrected chi connectivity index (χ3v) is 3.52. The number of phenolic OH excluding ortho intramolecular Hbond substituents is 1. The fourth-order valence-electron chi connectivity index (χ4n) is 2.57. The molecule has 3 rings (SSSR count). The molecule has 1 nitrogen and oxygen atoms in total. The summed E-state index contributed by atoms with van der Waals surface area (Å²) in [6.07, 6.45) is 0. The minimum absolute atomic E-state index is 0. The van der Waals surface area contributed by atoms with Crippen LogP contribution >= 0.6 is 0 Å². The second kappa shape index (κ2) is 6.63. The van der Waals surface area contributed by atoms with Gasteiger partial charge in [0.2, 0.25) is 0 Å². The largest absolute Gasteiger partial charge is 0.507 e. The fourth-order valence-corrected chi connectivity index (χ4v) is 2.57. The number of aromatic hydroxyl groups is 1. The lowest BCUT2D eigenvalue weighted by Gasteiger charge is -2.15. The third-order valence-electron chi connectivity index (χ3n) is 3.52. The van der Waals surface area contributed by atoms with Gasteiger partial charge in [-0.25, -0.2) is 0 Å². The molecule has 0 aliphatic rings. The van der Waals surface area contributed by atoms with Crippen molar-refractivity contribution in [3.8, 4) is 28.0 Å². The number of rotatable bonds is 2. The Morgan fingerprint density at radius 2 is 1.10 bits per heavy atom. The quantitative estimate of drug-likeness (QED) is 0.711. The topological polar surface area (TPSA) is 20.2 Å². The lowest BCUT2D eigenvalue weighted by molar-refractivity contribution is 0.477. The lowest BCUT2D eigenvalue weighted by atomic mass is 9.90. The summed E-state index contributed by atoms with van der Waals surface area (Å²) in [6, 6.07) is 24.0. The van der Waals surface area contributed by atoms with Gasteiger partial charge in [0.1, 0.15) is 5.75 Å². The summed E-state index contributed by atoms with van der Waals surface area (Å²) in [4.78, 5) is 0. The number of hydrogen-bond acceptors (Lipinski definition) is 1. The first kappa shape index (κ1) is 15.4. The Morgan fingerprint density at radius 1 is 0.619 bits per heavy atom. The van der Waals surface area contributed by atoms with Crippen molar-refractivity contribution in [2.75, 3.05) is 0 Å². The molecule has 1 N–H and O–H groups in total. The third kappa shape index (κ3) is 3.03. The van der Waals surface area contributed by atoms with Gasteiger partial charge >= 0.3 is 0 Å². The van der Waals surface area contributed by atoms with Crippen molar-refractivity contribution in [1.29, 1.82) is 0 Å². The summed E-state index contributed by atoms with van der Waals surface area (Å²) in [5.41, 5.74) is 5.31. The van der Waals surface area contributed by atoms with E-state index < -0.39 is 0 Å². The highest BCUT2D eigenvalue weighted by molar-refractivity contribution is 5.89. The Balaban J connectivity index is 0.00000161. The molecule has 0 radical (unpaired) electrons. The van der Waals surface area contributed by atoms with E-state index in [4.69, 9.17) is 0 Å². The molecule has 0 aromatic heterocycles. The molecule has 0 aliphatic carbocycles. The standard InChI is InChI=1S/C19H16O.Al.3H/c1-14-12-13-17(20)19(16-10-6-3-7-11-16)18(14)15-8-4-2-5-9-15;;;;/h2-13,20H,1H3;;;;. The first-order chi connectivity index (χ1) is 9.77. The van der Waals surface area contributed by atoms with E-state index in [1.807, 2.05) is 54.6 Å². The molecule has 0 aliphatic heterocycles. The van der Waals surface area contributed by atoms with Gasteiger partial charge in [0.25, 0.3) is 0 Å². The summed E-state index contributed by atoms with van der Waals surface area (Å²) in [7, 11) is 0. The maximum Gasteiger partial charge on any atom is 0.187 e. The van der Waals surface area contributed by atoms with Crippen LogP contribution in [0.5, 0.6) is 5.75 Å². The first-order valence-electron chi connectivity index (χ1n) is 6.71. The van der Waals surface area contributed by atoms with Crippen LogP contribution in [0.4, 0.5) is 0 Å². The van der Waals surface area contributed by atoms with E-state index in [1.54, 1.807) is 6.07 Å². The van der Waals surface area contributed by atoms with Gasteiger partial charge in [0.05, 0.1) is 0 Å². The number of phenols is 1. The monoisotopic (exact) mass is 290 g/mol. The zero-order valence-corrected chi connectivity index (χ0v) is 11.4. The molecular formula is C19H19AlO. The van der Waals surface area contributed by atoms with Crippen molar-refractivity contribution in [2.45, 2.75) is 6.92 Å². The number of aryl methyl sites for hydroxylation is 1. The summed E-state index contributed by atoms with van der Waals surface area (Å²) >= 11 is 0. The van der Waals surface area contributed by atoms with Crippen LogP contribution in [-0.2, 0) is 0 Å².